The number of aliphatic hydroxyl groups excluding tert-OH is 1. The number of β-amino-alcohol motifs (C(OH)–C–C–N with tert-alkyl or cyclic N) is 1. The first-order valence-corrected chi connectivity index (χ1v) is 7.99. The highest BCUT2D eigenvalue weighted by atomic mass is 16.3. The molecule has 0 radical (unpaired) electrons. The number of carbonyl (C=O) groups is 1. The molecule has 1 aromatic carbocycles. The number of piperidine rings is 1. The summed E-state index contributed by atoms with van der Waals surface area (Å²) in [5, 5.41) is 17.0. The average molecular weight is 288 g/mol. The molecule has 1 saturated carbocycles. The largest absolute Gasteiger partial charge is 0.389 e. The lowest BCUT2D eigenvalue weighted by Crippen LogP contribution is -2.61. The highest BCUT2D eigenvalue weighted by Gasteiger charge is 2.43. The van der Waals surface area contributed by atoms with Gasteiger partial charge in [0.15, 0.2) is 0 Å². The fourth-order valence-electron chi connectivity index (χ4n) is 3.67. The lowest BCUT2D eigenvalue weighted by Gasteiger charge is -2.43. The summed E-state index contributed by atoms with van der Waals surface area (Å²) in [6, 6.07) is 9.90. The van der Waals surface area contributed by atoms with Gasteiger partial charge >= 0.3 is 0 Å². The van der Waals surface area contributed by atoms with Gasteiger partial charge in [-0.05, 0) is 31.4 Å². The van der Waals surface area contributed by atoms with E-state index < -0.39 is 11.6 Å². The molecule has 1 aromatic rings. The Kier molecular flexibility index (Phi) is 4.27. The molecule has 0 bridgehead atoms. The molecule has 4 heteroatoms. The van der Waals surface area contributed by atoms with E-state index in [9.17, 15) is 9.90 Å². The first-order valence-electron chi connectivity index (χ1n) is 7.99. The molecule has 21 heavy (non-hydrogen) atoms. The zero-order valence-electron chi connectivity index (χ0n) is 12.3. The number of hydrogen-bond acceptors (Lipinski definition) is 3. The van der Waals surface area contributed by atoms with E-state index in [0.29, 0.717) is 6.54 Å². The third kappa shape index (κ3) is 2.83. The van der Waals surface area contributed by atoms with Crippen molar-refractivity contribution in [1.29, 1.82) is 0 Å². The van der Waals surface area contributed by atoms with E-state index in [1.54, 1.807) is 0 Å². The van der Waals surface area contributed by atoms with E-state index in [1.165, 1.54) is 0 Å². The lowest BCUT2D eigenvalue weighted by molar-refractivity contribution is -0.129. The standard InChI is InChI=1S/C17H24N2O2/c20-15-12-18-11-10-17(15,14-8-2-1-3-9-14)19-16(21)13-6-4-5-7-13/h1-3,8-9,13,15,18,20H,4-7,10-12H2,(H,19,21)/t15-,17+/m1/s1. The smallest absolute Gasteiger partial charge is 0.223 e. The molecule has 0 unspecified atom stereocenters. The maximum Gasteiger partial charge on any atom is 0.223 e. The molecular weight excluding hydrogens is 264 g/mol. The zero-order chi connectivity index (χ0) is 14.7. The minimum atomic E-state index is -0.647. The lowest BCUT2D eigenvalue weighted by atomic mass is 9.78. The maximum atomic E-state index is 12.6. The van der Waals surface area contributed by atoms with Crippen LogP contribution in [0, 0.1) is 5.92 Å². The Bertz CT molecular complexity index is 485. The number of rotatable bonds is 3. The molecule has 3 N–H and O–H groups in total. The van der Waals surface area contributed by atoms with E-state index in [4.69, 9.17) is 0 Å². The van der Waals surface area contributed by atoms with Gasteiger partial charge in [0.1, 0.15) is 0 Å². The monoisotopic (exact) mass is 288 g/mol. The Hall–Kier alpha value is -1.39. The Morgan fingerprint density at radius 1 is 1.24 bits per heavy atom. The Labute approximate surface area is 125 Å². The SMILES string of the molecule is O=C(N[C@]1(c2ccccc2)CCNC[C@H]1O)C1CCCC1. The summed E-state index contributed by atoms with van der Waals surface area (Å²) in [6.45, 7) is 1.32. The maximum absolute atomic E-state index is 12.6. The summed E-state index contributed by atoms with van der Waals surface area (Å²) in [5.74, 6) is 0.227. The van der Waals surface area contributed by atoms with Gasteiger partial charge < -0.3 is 15.7 Å². The van der Waals surface area contributed by atoms with Crippen molar-refractivity contribution >= 4 is 5.91 Å². The normalized spacial score (nSPS) is 30.2. The van der Waals surface area contributed by atoms with E-state index in [1.807, 2.05) is 30.3 Å². The van der Waals surface area contributed by atoms with Gasteiger partial charge in [-0.2, -0.15) is 0 Å². The topological polar surface area (TPSA) is 61.4 Å². The quantitative estimate of drug-likeness (QED) is 0.791. The summed E-state index contributed by atoms with van der Waals surface area (Å²) in [6.07, 6.45) is 4.35. The number of benzene rings is 1. The molecule has 2 fully saturated rings. The number of nitrogens with one attached hydrogen (secondary N) is 2. The molecule has 1 amide bonds. The van der Waals surface area contributed by atoms with Gasteiger partial charge in [0.05, 0.1) is 11.6 Å². The minimum absolute atomic E-state index is 0.109. The second kappa shape index (κ2) is 6.16. The summed E-state index contributed by atoms with van der Waals surface area (Å²) >= 11 is 0. The molecule has 2 atom stereocenters. The molecule has 2 aliphatic rings. The van der Waals surface area contributed by atoms with Crippen LogP contribution in [0.25, 0.3) is 0 Å². The van der Waals surface area contributed by atoms with Gasteiger partial charge in [0.2, 0.25) is 5.91 Å². The van der Waals surface area contributed by atoms with Crippen molar-refractivity contribution in [3.05, 3.63) is 35.9 Å². The first kappa shape index (κ1) is 14.5. The molecular formula is C17H24N2O2. The van der Waals surface area contributed by atoms with Crippen molar-refractivity contribution < 1.29 is 9.90 Å². The second-order valence-corrected chi connectivity index (χ2v) is 6.28. The summed E-state index contributed by atoms with van der Waals surface area (Å²) in [5.41, 5.74) is 0.358. The summed E-state index contributed by atoms with van der Waals surface area (Å²) < 4.78 is 0. The van der Waals surface area contributed by atoms with Crippen LogP contribution in [0.15, 0.2) is 30.3 Å². The van der Waals surface area contributed by atoms with Crippen molar-refractivity contribution in [3.63, 3.8) is 0 Å². The minimum Gasteiger partial charge on any atom is -0.389 e. The van der Waals surface area contributed by atoms with Crippen LogP contribution in [0.2, 0.25) is 0 Å². The number of hydrogen-bond donors (Lipinski definition) is 3. The predicted octanol–water partition coefficient (Wildman–Crippen LogP) is 1.54. The number of carbonyl (C=O) groups excluding carboxylic acids is 1. The van der Waals surface area contributed by atoms with Crippen LogP contribution in [0.1, 0.15) is 37.7 Å². The second-order valence-electron chi connectivity index (χ2n) is 6.28. The van der Waals surface area contributed by atoms with Gasteiger partial charge in [0, 0.05) is 12.5 Å². The highest BCUT2D eigenvalue weighted by Crippen LogP contribution is 2.33. The number of aliphatic hydroxyl groups is 1. The van der Waals surface area contributed by atoms with Crippen molar-refractivity contribution in [2.75, 3.05) is 13.1 Å². The van der Waals surface area contributed by atoms with Gasteiger partial charge in [-0.1, -0.05) is 43.2 Å². The van der Waals surface area contributed by atoms with E-state index in [-0.39, 0.29) is 11.8 Å². The molecule has 0 spiro atoms. The molecule has 1 heterocycles. The Balaban J connectivity index is 1.87. The molecule has 1 saturated heterocycles. The third-order valence-corrected chi connectivity index (χ3v) is 4.96. The van der Waals surface area contributed by atoms with Crippen molar-refractivity contribution in [3.8, 4) is 0 Å². The number of amides is 1. The zero-order valence-corrected chi connectivity index (χ0v) is 12.3. The van der Waals surface area contributed by atoms with Crippen LogP contribution in [-0.2, 0) is 10.3 Å². The Morgan fingerprint density at radius 2 is 1.95 bits per heavy atom. The van der Waals surface area contributed by atoms with Crippen molar-refractivity contribution in [2.45, 2.75) is 43.7 Å². The van der Waals surface area contributed by atoms with Gasteiger partial charge in [-0.25, -0.2) is 0 Å². The van der Waals surface area contributed by atoms with E-state index in [2.05, 4.69) is 10.6 Å². The molecule has 3 rings (SSSR count). The van der Waals surface area contributed by atoms with Crippen LogP contribution in [0.3, 0.4) is 0 Å². The molecule has 4 nitrogen and oxygen atoms in total. The van der Waals surface area contributed by atoms with Crippen LogP contribution in [0.5, 0.6) is 0 Å². The summed E-state index contributed by atoms with van der Waals surface area (Å²) in [4.78, 5) is 12.6. The van der Waals surface area contributed by atoms with Crippen molar-refractivity contribution in [1.82, 2.24) is 10.6 Å². The molecule has 1 aliphatic carbocycles. The fraction of sp³-hybridized carbons (Fsp3) is 0.588. The van der Waals surface area contributed by atoms with Crippen LogP contribution >= 0.6 is 0 Å². The molecule has 1 aliphatic heterocycles. The van der Waals surface area contributed by atoms with Gasteiger partial charge in [-0.3, -0.25) is 4.79 Å². The Morgan fingerprint density at radius 3 is 2.62 bits per heavy atom. The van der Waals surface area contributed by atoms with Gasteiger partial charge in [-0.15, -0.1) is 0 Å². The average Bonchev–Trinajstić information content (AvgIpc) is 3.05. The van der Waals surface area contributed by atoms with Crippen molar-refractivity contribution in [2.24, 2.45) is 5.92 Å². The van der Waals surface area contributed by atoms with Crippen LogP contribution < -0.4 is 10.6 Å². The summed E-state index contributed by atoms with van der Waals surface area (Å²) in [7, 11) is 0. The molecule has 0 aromatic heterocycles. The third-order valence-electron chi connectivity index (χ3n) is 4.96. The van der Waals surface area contributed by atoms with Gasteiger partial charge in [0.25, 0.3) is 0 Å². The van der Waals surface area contributed by atoms with Crippen LogP contribution in [-0.4, -0.2) is 30.2 Å². The first-order chi connectivity index (χ1) is 10.2. The fourth-order valence-corrected chi connectivity index (χ4v) is 3.67. The van der Waals surface area contributed by atoms with E-state index in [0.717, 1.165) is 44.2 Å². The predicted molar refractivity (Wildman–Crippen MR) is 81.7 cm³/mol. The highest BCUT2D eigenvalue weighted by molar-refractivity contribution is 5.80. The molecule has 114 valence electrons. The van der Waals surface area contributed by atoms with Crippen LogP contribution in [0.4, 0.5) is 0 Å². The van der Waals surface area contributed by atoms with E-state index >= 15 is 0 Å².